The first-order valence-electron chi connectivity index (χ1n) is 4.19. The van der Waals surface area contributed by atoms with Gasteiger partial charge in [-0.1, -0.05) is 0 Å². The predicted octanol–water partition coefficient (Wildman–Crippen LogP) is -0.312. The molecule has 0 unspecified atom stereocenters. The number of pyridine rings is 1. The Morgan fingerprint density at radius 3 is 2.64 bits per heavy atom. The van der Waals surface area contributed by atoms with Crippen molar-refractivity contribution in [2.75, 3.05) is 0 Å². The third-order valence-corrected chi connectivity index (χ3v) is 1.52. The van der Waals surface area contributed by atoms with Crippen molar-refractivity contribution < 1.29 is 19.2 Å². The average molecular weight is 199 g/mol. The molecule has 0 saturated heterocycles. The largest absolute Gasteiger partial charge is 0.492 e. The fraction of sp³-hybridized carbons (Fsp3) is 0.375. The summed E-state index contributed by atoms with van der Waals surface area (Å²) in [7, 11) is -1.76. The quantitative estimate of drug-likeness (QED) is 0.517. The van der Waals surface area contributed by atoms with Crippen LogP contribution >= 0.6 is 0 Å². The normalized spacial score (nSPS) is 10.4. The minimum Gasteiger partial charge on any atom is -0.487 e. The molecule has 1 rings (SSSR count). The Kier molecular flexibility index (Phi) is 3.43. The third kappa shape index (κ3) is 2.43. The fourth-order valence-electron chi connectivity index (χ4n) is 0.992. The van der Waals surface area contributed by atoms with Crippen LogP contribution in [0.5, 0.6) is 5.75 Å². The van der Waals surface area contributed by atoms with Gasteiger partial charge in [0.2, 0.25) is 0 Å². The summed E-state index contributed by atoms with van der Waals surface area (Å²) >= 11 is 0. The van der Waals surface area contributed by atoms with E-state index in [4.69, 9.17) is 14.8 Å². The molecule has 0 bridgehead atoms. The van der Waals surface area contributed by atoms with E-state index in [-0.39, 0.29) is 17.3 Å². The molecule has 1 aromatic heterocycles. The fourth-order valence-corrected chi connectivity index (χ4v) is 0.992. The van der Waals surface area contributed by atoms with Crippen LogP contribution in [-0.2, 0) is 0 Å². The molecule has 0 radical (unpaired) electrons. The molecule has 0 aliphatic heterocycles. The summed E-state index contributed by atoms with van der Waals surface area (Å²) < 4.78 is 18.2. The van der Waals surface area contributed by atoms with Crippen molar-refractivity contribution >= 4 is 12.6 Å². The van der Waals surface area contributed by atoms with Crippen LogP contribution in [0.3, 0.4) is 0 Å². The van der Waals surface area contributed by atoms with Gasteiger partial charge >= 0.3 is 7.12 Å². The standard InChI is InChI=1S/C8H11BFNO3/c1-5(2)14-7-6(9(12)13)3-4-11-8(7)10/h3-5,12-13H,1-2H3. The van der Waals surface area contributed by atoms with Crippen molar-refractivity contribution in [3.8, 4) is 5.75 Å². The highest BCUT2D eigenvalue weighted by molar-refractivity contribution is 6.59. The highest BCUT2D eigenvalue weighted by Gasteiger charge is 2.21. The number of rotatable bonds is 3. The average Bonchev–Trinajstić information content (AvgIpc) is 2.07. The zero-order valence-corrected chi connectivity index (χ0v) is 7.94. The maximum Gasteiger partial charge on any atom is 0.492 e. The van der Waals surface area contributed by atoms with Crippen molar-refractivity contribution in [2.45, 2.75) is 20.0 Å². The summed E-state index contributed by atoms with van der Waals surface area (Å²) in [5.74, 6) is -1.05. The van der Waals surface area contributed by atoms with Crippen LogP contribution in [-0.4, -0.2) is 28.3 Å². The molecule has 0 aliphatic carbocycles. The molecule has 0 aliphatic rings. The SMILES string of the molecule is CC(C)Oc1c(B(O)O)ccnc1F. The van der Waals surface area contributed by atoms with Gasteiger partial charge in [-0.3, -0.25) is 0 Å². The van der Waals surface area contributed by atoms with Crippen molar-refractivity contribution in [3.05, 3.63) is 18.2 Å². The van der Waals surface area contributed by atoms with Gasteiger partial charge < -0.3 is 14.8 Å². The monoisotopic (exact) mass is 199 g/mol. The van der Waals surface area contributed by atoms with Crippen LogP contribution in [0.15, 0.2) is 12.3 Å². The van der Waals surface area contributed by atoms with E-state index in [1.165, 1.54) is 6.07 Å². The number of hydrogen-bond acceptors (Lipinski definition) is 4. The first-order chi connectivity index (χ1) is 6.52. The number of hydrogen-bond donors (Lipinski definition) is 2. The van der Waals surface area contributed by atoms with E-state index >= 15 is 0 Å². The van der Waals surface area contributed by atoms with Crippen molar-refractivity contribution in [1.82, 2.24) is 4.98 Å². The van der Waals surface area contributed by atoms with Crippen LogP contribution in [0.4, 0.5) is 4.39 Å². The number of nitrogens with zero attached hydrogens (tertiary/aromatic N) is 1. The van der Waals surface area contributed by atoms with E-state index in [0.717, 1.165) is 6.20 Å². The second-order valence-electron chi connectivity index (χ2n) is 3.06. The summed E-state index contributed by atoms with van der Waals surface area (Å²) in [6.07, 6.45) is 0.892. The number of ether oxygens (including phenoxy) is 1. The van der Waals surface area contributed by atoms with Gasteiger partial charge in [-0.15, -0.1) is 0 Å². The highest BCUT2D eigenvalue weighted by Crippen LogP contribution is 2.13. The molecule has 0 fully saturated rings. The van der Waals surface area contributed by atoms with E-state index in [1.807, 2.05) is 0 Å². The zero-order valence-electron chi connectivity index (χ0n) is 7.94. The lowest BCUT2D eigenvalue weighted by molar-refractivity contribution is 0.229. The smallest absolute Gasteiger partial charge is 0.487 e. The molecule has 6 heteroatoms. The second kappa shape index (κ2) is 4.39. The second-order valence-corrected chi connectivity index (χ2v) is 3.06. The van der Waals surface area contributed by atoms with Crippen LogP contribution in [0, 0.1) is 5.95 Å². The van der Waals surface area contributed by atoms with Gasteiger partial charge in [0.1, 0.15) is 0 Å². The molecular formula is C8H11BFNO3. The molecule has 14 heavy (non-hydrogen) atoms. The number of halogens is 1. The molecule has 1 aromatic rings. The van der Waals surface area contributed by atoms with Gasteiger partial charge in [-0.25, -0.2) is 4.98 Å². The maximum atomic E-state index is 13.1. The highest BCUT2D eigenvalue weighted by atomic mass is 19.1. The molecule has 0 aromatic carbocycles. The summed E-state index contributed by atoms with van der Waals surface area (Å²) in [5.41, 5.74) is -0.0220. The van der Waals surface area contributed by atoms with E-state index in [9.17, 15) is 4.39 Å². The summed E-state index contributed by atoms with van der Waals surface area (Å²) in [6.45, 7) is 3.42. The lowest BCUT2D eigenvalue weighted by Crippen LogP contribution is -2.33. The lowest BCUT2D eigenvalue weighted by atomic mass is 9.80. The van der Waals surface area contributed by atoms with Crippen molar-refractivity contribution in [1.29, 1.82) is 0 Å². The molecular weight excluding hydrogens is 188 g/mol. The minimum absolute atomic E-state index is 0.0220. The predicted molar refractivity (Wildman–Crippen MR) is 49.8 cm³/mol. The topological polar surface area (TPSA) is 62.6 Å². The van der Waals surface area contributed by atoms with Gasteiger partial charge in [0, 0.05) is 11.7 Å². The first-order valence-corrected chi connectivity index (χ1v) is 4.19. The van der Waals surface area contributed by atoms with E-state index in [2.05, 4.69) is 4.98 Å². The molecule has 4 nitrogen and oxygen atoms in total. The molecule has 2 N–H and O–H groups in total. The summed E-state index contributed by atoms with van der Waals surface area (Å²) in [6, 6.07) is 1.30. The van der Waals surface area contributed by atoms with E-state index in [0.29, 0.717) is 0 Å². The van der Waals surface area contributed by atoms with Gasteiger partial charge in [-0.2, -0.15) is 4.39 Å². The Morgan fingerprint density at radius 2 is 2.14 bits per heavy atom. The van der Waals surface area contributed by atoms with Gasteiger partial charge in [0.05, 0.1) is 6.10 Å². The molecule has 0 saturated carbocycles. The molecule has 0 amide bonds. The van der Waals surface area contributed by atoms with Crippen LogP contribution < -0.4 is 10.2 Å². The number of aromatic nitrogens is 1. The Morgan fingerprint density at radius 1 is 1.50 bits per heavy atom. The lowest BCUT2D eigenvalue weighted by Gasteiger charge is -2.13. The van der Waals surface area contributed by atoms with Crippen LogP contribution in [0.2, 0.25) is 0 Å². The van der Waals surface area contributed by atoms with Crippen LogP contribution in [0.1, 0.15) is 13.8 Å². The molecule has 1 heterocycles. The van der Waals surface area contributed by atoms with Gasteiger partial charge in [0.15, 0.2) is 5.75 Å². The molecule has 0 spiro atoms. The molecule has 76 valence electrons. The Bertz CT molecular complexity index is 319. The zero-order chi connectivity index (χ0) is 10.7. The van der Waals surface area contributed by atoms with Gasteiger partial charge in [-0.05, 0) is 19.9 Å². The maximum absolute atomic E-state index is 13.1. The first kappa shape index (κ1) is 10.9. The Hall–Kier alpha value is -1.14. The Labute approximate surface area is 81.5 Å². The van der Waals surface area contributed by atoms with E-state index in [1.54, 1.807) is 13.8 Å². The van der Waals surface area contributed by atoms with Crippen molar-refractivity contribution in [3.63, 3.8) is 0 Å². The third-order valence-electron chi connectivity index (χ3n) is 1.52. The molecule has 0 atom stereocenters. The minimum atomic E-state index is -1.76. The van der Waals surface area contributed by atoms with Crippen LogP contribution in [0.25, 0.3) is 0 Å². The van der Waals surface area contributed by atoms with Gasteiger partial charge in [0.25, 0.3) is 5.95 Å². The van der Waals surface area contributed by atoms with E-state index < -0.39 is 13.1 Å². The van der Waals surface area contributed by atoms with Crippen molar-refractivity contribution in [2.24, 2.45) is 0 Å². The Balaban J connectivity index is 3.09. The summed E-state index contributed by atoms with van der Waals surface area (Å²) in [4.78, 5) is 3.36. The summed E-state index contributed by atoms with van der Waals surface area (Å²) in [5, 5.41) is 17.8.